The van der Waals surface area contributed by atoms with Crippen LogP contribution in [0.2, 0.25) is 0 Å². The van der Waals surface area contributed by atoms with Gasteiger partial charge in [0.15, 0.2) is 0 Å². The van der Waals surface area contributed by atoms with Gasteiger partial charge in [0.2, 0.25) is 0 Å². The Hall–Kier alpha value is -2.77. The molecule has 3 heterocycles. The summed E-state index contributed by atoms with van der Waals surface area (Å²) in [5.74, 6) is 0.986. The number of benzene rings is 1. The largest absolute Gasteiger partial charge is 0.396 e. The summed E-state index contributed by atoms with van der Waals surface area (Å²) in [6, 6.07) is 11.6. The van der Waals surface area contributed by atoms with Crippen molar-refractivity contribution in [3.63, 3.8) is 0 Å². The Morgan fingerprint density at radius 1 is 1.24 bits per heavy atom. The van der Waals surface area contributed by atoms with Crippen LogP contribution in [-0.4, -0.2) is 49.5 Å². The van der Waals surface area contributed by atoms with Crippen molar-refractivity contribution in [3.05, 3.63) is 70.4 Å². The number of likely N-dealkylation sites (tertiary alicyclic amines) is 1. The Labute approximate surface area is 170 Å². The highest BCUT2D eigenvalue weighted by Gasteiger charge is 2.19. The molecule has 4 rings (SSSR count). The lowest BCUT2D eigenvalue weighted by Crippen LogP contribution is -2.36. The molecule has 152 valence electrons. The Balaban J connectivity index is 1.43. The van der Waals surface area contributed by atoms with Gasteiger partial charge in [-0.05, 0) is 36.9 Å². The van der Waals surface area contributed by atoms with E-state index in [4.69, 9.17) is 0 Å². The van der Waals surface area contributed by atoms with Crippen LogP contribution >= 0.6 is 0 Å². The van der Waals surface area contributed by atoms with Gasteiger partial charge in [-0.15, -0.1) is 0 Å². The van der Waals surface area contributed by atoms with Gasteiger partial charge in [-0.25, -0.2) is 4.98 Å². The lowest BCUT2D eigenvalue weighted by Gasteiger charge is -2.31. The molecular weight excluding hydrogens is 366 g/mol. The highest BCUT2D eigenvalue weighted by molar-refractivity contribution is 5.55. The zero-order valence-electron chi connectivity index (χ0n) is 16.5. The van der Waals surface area contributed by atoms with Crippen LogP contribution in [0.5, 0.6) is 0 Å². The fourth-order valence-electron chi connectivity index (χ4n) is 3.90. The van der Waals surface area contributed by atoms with E-state index in [-0.39, 0.29) is 12.2 Å². The van der Waals surface area contributed by atoms with Gasteiger partial charge in [0.05, 0.1) is 5.69 Å². The lowest BCUT2D eigenvalue weighted by atomic mass is 9.98. The number of aromatic amines is 1. The van der Waals surface area contributed by atoms with Crippen molar-refractivity contribution >= 4 is 0 Å². The molecule has 1 aromatic carbocycles. The summed E-state index contributed by atoms with van der Waals surface area (Å²) < 4.78 is 1.83. The second kappa shape index (κ2) is 9.15. The molecule has 2 aromatic heterocycles. The van der Waals surface area contributed by atoms with Gasteiger partial charge in [-0.2, -0.15) is 5.10 Å². The van der Waals surface area contributed by atoms with E-state index >= 15 is 0 Å². The quantitative estimate of drug-likeness (QED) is 0.642. The van der Waals surface area contributed by atoms with Crippen molar-refractivity contribution in [2.24, 2.45) is 5.92 Å². The summed E-state index contributed by atoms with van der Waals surface area (Å²) in [5.41, 5.74) is 2.74. The number of aliphatic hydroxyl groups is 1. The van der Waals surface area contributed by atoms with Crippen molar-refractivity contribution in [1.29, 1.82) is 0 Å². The molecule has 1 aliphatic heterocycles. The predicted molar refractivity (Wildman–Crippen MR) is 111 cm³/mol. The molecule has 2 N–H and O–H groups in total. The molecule has 1 atom stereocenters. The second-order valence-electron chi connectivity index (χ2n) is 7.73. The van der Waals surface area contributed by atoms with E-state index in [0.717, 1.165) is 43.7 Å². The molecule has 7 heteroatoms. The van der Waals surface area contributed by atoms with Crippen LogP contribution in [0.1, 0.15) is 24.1 Å². The number of H-pyrrole nitrogens is 1. The summed E-state index contributed by atoms with van der Waals surface area (Å²) in [5, 5.41) is 13.6. The molecular formula is C22H27N5O2. The van der Waals surface area contributed by atoms with Crippen molar-refractivity contribution in [1.82, 2.24) is 24.6 Å². The summed E-state index contributed by atoms with van der Waals surface area (Å²) in [6.07, 6.45) is 6.54. The van der Waals surface area contributed by atoms with Crippen molar-refractivity contribution in [3.8, 4) is 11.4 Å². The van der Waals surface area contributed by atoms with Crippen LogP contribution in [0.3, 0.4) is 0 Å². The SMILES string of the molecule is O=c1cc(CCn2cccn2)nc(-c2ccc(CN3CCCC(CO)C3)cc2)[nH]1. The molecule has 0 spiro atoms. The van der Waals surface area contributed by atoms with E-state index < -0.39 is 0 Å². The number of aromatic nitrogens is 4. The molecule has 0 amide bonds. The van der Waals surface area contributed by atoms with E-state index in [9.17, 15) is 9.90 Å². The van der Waals surface area contributed by atoms with Crippen molar-refractivity contribution in [2.45, 2.75) is 32.4 Å². The van der Waals surface area contributed by atoms with Crippen LogP contribution in [0.15, 0.2) is 53.6 Å². The standard InChI is InChI=1S/C22H27N5O2/c28-16-18-3-1-10-26(15-18)14-17-4-6-19(7-5-17)22-24-20(13-21(29)25-22)8-12-27-11-2-9-23-27/h2,4-7,9,11,13,18,28H,1,3,8,10,12,14-16H2,(H,24,25,29). The molecule has 0 aliphatic carbocycles. The van der Waals surface area contributed by atoms with Crippen LogP contribution < -0.4 is 5.56 Å². The number of aliphatic hydroxyl groups excluding tert-OH is 1. The first-order valence-electron chi connectivity index (χ1n) is 10.2. The number of rotatable bonds is 7. The molecule has 7 nitrogen and oxygen atoms in total. The number of nitrogens with one attached hydrogen (secondary N) is 1. The Bertz CT molecular complexity index is 966. The summed E-state index contributed by atoms with van der Waals surface area (Å²) in [7, 11) is 0. The number of hydrogen-bond donors (Lipinski definition) is 2. The molecule has 1 aliphatic rings. The number of nitrogens with zero attached hydrogens (tertiary/aromatic N) is 4. The highest BCUT2D eigenvalue weighted by Crippen LogP contribution is 2.20. The Morgan fingerprint density at radius 2 is 2.10 bits per heavy atom. The first kappa shape index (κ1) is 19.5. The lowest BCUT2D eigenvalue weighted by molar-refractivity contribution is 0.116. The number of hydrogen-bond acceptors (Lipinski definition) is 5. The fourth-order valence-corrected chi connectivity index (χ4v) is 3.90. The van der Waals surface area contributed by atoms with Crippen LogP contribution in [0.4, 0.5) is 0 Å². The second-order valence-corrected chi connectivity index (χ2v) is 7.73. The van der Waals surface area contributed by atoms with E-state index in [1.54, 1.807) is 12.3 Å². The minimum Gasteiger partial charge on any atom is -0.396 e. The maximum Gasteiger partial charge on any atom is 0.251 e. The fraction of sp³-hybridized carbons (Fsp3) is 0.409. The maximum absolute atomic E-state index is 12.1. The minimum absolute atomic E-state index is 0.141. The molecule has 1 fully saturated rings. The van der Waals surface area contributed by atoms with Gasteiger partial charge >= 0.3 is 0 Å². The van der Waals surface area contributed by atoms with Gasteiger partial charge in [0, 0.05) is 56.7 Å². The summed E-state index contributed by atoms with van der Waals surface area (Å²) in [6.45, 7) is 3.86. The van der Waals surface area contributed by atoms with Crippen molar-refractivity contribution in [2.75, 3.05) is 19.7 Å². The van der Waals surface area contributed by atoms with Gasteiger partial charge in [-0.1, -0.05) is 24.3 Å². The molecule has 3 aromatic rings. The molecule has 29 heavy (non-hydrogen) atoms. The topological polar surface area (TPSA) is 87.0 Å². The average molecular weight is 393 g/mol. The Kier molecular flexibility index (Phi) is 6.17. The van der Waals surface area contributed by atoms with E-state index in [0.29, 0.717) is 24.7 Å². The minimum atomic E-state index is -0.141. The zero-order valence-corrected chi connectivity index (χ0v) is 16.5. The molecule has 0 radical (unpaired) electrons. The molecule has 0 bridgehead atoms. The smallest absolute Gasteiger partial charge is 0.251 e. The summed E-state index contributed by atoms with van der Waals surface area (Å²) >= 11 is 0. The predicted octanol–water partition coefficient (Wildman–Crippen LogP) is 2.08. The van der Waals surface area contributed by atoms with Gasteiger partial charge in [0.25, 0.3) is 5.56 Å². The zero-order chi connectivity index (χ0) is 20.1. The third-order valence-corrected chi connectivity index (χ3v) is 5.45. The van der Waals surface area contributed by atoms with Gasteiger partial charge < -0.3 is 10.1 Å². The number of aryl methyl sites for hydroxylation is 2. The third-order valence-electron chi connectivity index (χ3n) is 5.45. The monoisotopic (exact) mass is 393 g/mol. The Morgan fingerprint density at radius 3 is 2.86 bits per heavy atom. The first-order valence-corrected chi connectivity index (χ1v) is 10.2. The maximum atomic E-state index is 12.1. The highest BCUT2D eigenvalue weighted by atomic mass is 16.3. The molecule has 0 saturated carbocycles. The number of piperidine rings is 1. The third kappa shape index (κ3) is 5.19. The first-order chi connectivity index (χ1) is 14.2. The van der Waals surface area contributed by atoms with Crippen molar-refractivity contribution < 1.29 is 5.11 Å². The average Bonchev–Trinajstić information content (AvgIpc) is 3.26. The van der Waals surface area contributed by atoms with Gasteiger partial charge in [0.1, 0.15) is 5.82 Å². The normalized spacial score (nSPS) is 17.5. The van der Waals surface area contributed by atoms with E-state index in [1.807, 2.05) is 29.1 Å². The van der Waals surface area contributed by atoms with E-state index in [1.165, 1.54) is 5.56 Å². The molecule has 1 saturated heterocycles. The van der Waals surface area contributed by atoms with Crippen LogP contribution in [0, 0.1) is 5.92 Å². The molecule has 1 unspecified atom stereocenters. The van der Waals surface area contributed by atoms with Crippen LogP contribution in [0.25, 0.3) is 11.4 Å². The van der Waals surface area contributed by atoms with Gasteiger partial charge in [-0.3, -0.25) is 14.4 Å². The van der Waals surface area contributed by atoms with E-state index in [2.05, 4.69) is 32.1 Å². The van der Waals surface area contributed by atoms with Crippen LogP contribution in [-0.2, 0) is 19.5 Å². The summed E-state index contributed by atoms with van der Waals surface area (Å²) in [4.78, 5) is 22.0.